The number of likely N-dealkylation sites (N-methyl/N-ethyl adjacent to an activating group) is 1. The van der Waals surface area contributed by atoms with E-state index in [4.69, 9.17) is 23.2 Å². The highest BCUT2D eigenvalue weighted by atomic mass is 79.9. The molecule has 1 N–H and O–H groups in total. The van der Waals surface area contributed by atoms with E-state index < -0.39 is 0 Å². The van der Waals surface area contributed by atoms with Crippen molar-refractivity contribution in [3.63, 3.8) is 0 Å². The molecule has 0 aliphatic heterocycles. The van der Waals surface area contributed by atoms with Crippen LogP contribution < -0.4 is 5.32 Å². The molecule has 0 aromatic heterocycles. The Kier molecular flexibility index (Phi) is 6.12. The van der Waals surface area contributed by atoms with Crippen molar-refractivity contribution in [2.75, 3.05) is 6.54 Å². The third-order valence-electron chi connectivity index (χ3n) is 3.54. The van der Waals surface area contributed by atoms with E-state index in [9.17, 15) is 0 Å². The molecule has 0 saturated heterocycles. The Morgan fingerprint density at radius 2 is 1.81 bits per heavy atom. The average molecular weight is 387 g/mol. The molecule has 21 heavy (non-hydrogen) atoms. The van der Waals surface area contributed by atoms with E-state index in [1.807, 2.05) is 18.2 Å². The normalized spacial score (nSPS) is 12.4. The van der Waals surface area contributed by atoms with E-state index in [0.717, 1.165) is 33.0 Å². The summed E-state index contributed by atoms with van der Waals surface area (Å²) in [6.45, 7) is 5.12. The molecule has 4 heteroatoms. The zero-order valence-corrected chi connectivity index (χ0v) is 15.2. The Morgan fingerprint density at radius 1 is 1.14 bits per heavy atom. The minimum Gasteiger partial charge on any atom is -0.310 e. The number of benzene rings is 2. The van der Waals surface area contributed by atoms with Crippen molar-refractivity contribution in [1.29, 1.82) is 0 Å². The Balaban J connectivity index is 2.38. The molecule has 1 unspecified atom stereocenters. The average Bonchev–Trinajstić information content (AvgIpc) is 2.44. The zero-order valence-electron chi connectivity index (χ0n) is 12.1. The Morgan fingerprint density at radius 3 is 2.43 bits per heavy atom. The molecule has 0 aliphatic rings. The monoisotopic (exact) mass is 385 g/mol. The second kappa shape index (κ2) is 7.64. The predicted molar refractivity (Wildman–Crippen MR) is 95.5 cm³/mol. The van der Waals surface area contributed by atoms with Gasteiger partial charge in [-0.3, -0.25) is 0 Å². The van der Waals surface area contributed by atoms with Gasteiger partial charge in [-0.1, -0.05) is 58.2 Å². The highest BCUT2D eigenvalue weighted by Crippen LogP contribution is 2.31. The molecule has 0 heterocycles. The third kappa shape index (κ3) is 4.23. The van der Waals surface area contributed by atoms with Crippen molar-refractivity contribution in [3.05, 3.63) is 67.6 Å². The smallest absolute Gasteiger partial charge is 0.0453 e. The lowest BCUT2D eigenvalue weighted by Crippen LogP contribution is -2.24. The Labute approximate surface area is 144 Å². The van der Waals surface area contributed by atoms with Crippen LogP contribution >= 0.6 is 39.1 Å². The lowest BCUT2D eigenvalue weighted by atomic mass is 9.95. The molecule has 0 fully saturated rings. The molecule has 1 nitrogen and oxygen atoms in total. The number of halogens is 3. The molecule has 0 bridgehead atoms. The molecule has 0 spiro atoms. The first-order chi connectivity index (χ1) is 10.0. The van der Waals surface area contributed by atoms with Gasteiger partial charge in [-0.25, -0.2) is 0 Å². The maximum Gasteiger partial charge on any atom is 0.0453 e. The first kappa shape index (κ1) is 16.8. The van der Waals surface area contributed by atoms with Crippen LogP contribution in [0.5, 0.6) is 0 Å². The van der Waals surface area contributed by atoms with Gasteiger partial charge in [0.15, 0.2) is 0 Å². The van der Waals surface area contributed by atoms with Gasteiger partial charge >= 0.3 is 0 Å². The maximum atomic E-state index is 6.31. The van der Waals surface area contributed by atoms with Crippen LogP contribution in [0.25, 0.3) is 0 Å². The van der Waals surface area contributed by atoms with Gasteiger partial charge in [0.1, 0.15) is 0 Å². The SMILES string of the molecule is CCNC(Cc1c(Cl)cccc1Cl)c1cc(Br)ccc1C. The lowest BCUT2D eigenvalue weighted by Gasteiger charge is -2.22. The van der Waals surface area contributed by atoms with Crippen molar-refractivity contribution in [3.8, 4) is 0 Å². The molecule has 1 atom stereocenters. The van der Waals surface area contributed by atoms with Crippen molar-refractivity contribution >= 4 is 39.1 Å². The van der Waals surface area contributed by atoms with E-state index in [0.29, 0.717) is 0 Å². The maximum absolute atomic E-state index is 6.31. The first-order valence-electron chi connectivity index (χ1n) is 6.95. The number of nitrogens with one attached hydrogen (secondary N) is 1. The van der Waals surface area contributed by atoms with Gasteiger partial charge in [-0.05, 0) is 60.8 Å². The molecular weight excluding hydrogens is 369 g/mol. The summed E-state index contributed by atoms with van der Waals surface area (Å²) in [6.07, 6.45) is 0.768. The van der Waals surface area contributed by atoms with E-state index >= 15 is 0 Å². The van der Waals surface area contributed by atoms with Crippen molar-refractivity contribution in [2.45, 2.75) is 26.3 Å². The van der Waals surface area contributed by atoms with Crippen molar-refractivity contribution in [2.24, 2.45) is 0 Å². The molecule has 0 amide bonds. The minimum absolute atomic E-state index is 0.185. The summed E-state index contributed by atoms with van der Waals surface area (Å²) in [5, 5.41) is 4.97. The van der Waals surface area contributed by atoms with Gasteiger partial charge in [0.25, 0.3) is 0 Å². The summed E-state index contributed by atoms with van der Waals surface area (Å²) in [4.78, 5) is 0. The molecular formula is C17H18BrCl2N. The van der Waals surface area contributed by atoms with Gasteiger partial charge in [0.05, 0.1) is 0 Å². The third-order valence-corrected chi connectivity index (χ3v) is 4.74. The number of aryl methyl sites for hydroxylation is 1. The lowest BCUT2D eigenvalue weighted by molar-refractivity contribution is 0.547. The fourth-order valence-corrected chi connectivity index (χ4v) is 3.39. The van der Waals surface area contributed by atoms with Crippen LogP contribution in [-0.2, 0) is 6.42 Å². The van der Waals surface area contributed by atoms with Crippen LogP contribution in [0.2, 0.25) is 10.0 Å². The highest BCUT2D eigenvalue weighted by molar-refractivity contribution is 9.10. The Hall–Kier alpha value is -0.540. The molecule has 2 aromatic carbocycles. The van der Waals surface area contributed by atoms with Crippen LogP contribution in [0, 0.1) is 6.92 Å². The highest BCUT2D eigenvalue weighted by Gasteiger charge is 2.17. The fourth-order valence-electron chi connectivity index (χ4n) is 2.46. The largest absolute Gasteiger partial charge is 0.310 e. The van der Waals surface area contributed by atoms with E-state index in [1.54, 1.807) is 0 Å². The number of rotatable bonds is 5. The van der Waals surface area contributed by atoms with Crippen LogP contribution in [0.15, 0.2) is 40.9 Å². The van der Waals surface area contributed by atoms with Gasteiger partial charge in [0, 0.05) is 20.6 Å². The molecule has 0 saturated carbocycles. The molecule has 2 rings (SSSR count). The standard InChI is InChI=1S/C17H18BrCl2N/c1-3-21-17(13-9-12(18)8-7-11(13)2)10-14-15(19)5-4-6-16(14)20/h4-9,17,21H,3,10H2,1-2H3. The molecule has 112 valence electrons. The topological polar surface area (TPSA) is 12.0 Å². The van der Waals surface area contributed by atoms with Crippen LogP contribution in [0.4, 0.5) is 0 Å². The van der Waals surface area contributed by atoms with Gasteiger partial charge < -0.3 is 5.32 Å². The quantitative estimate of drug-likeness (QED) is 0.668. The van der Waals surface area contributed by atoms with Gasteiger partial charge in [0.2, 0.25) is 0 Å². The van der Waals surface area contributed by atoms with E-state index in [-0.39, 0.29) is 6.04 Å². The summed E-state index contributed by atoms with van der Waals surface area (Å²) in [6, 6.07) is 12.2. The zero-order chi connectivity index (χ0) is 15.4. The van der Waals surface area contributed by atoms with Crippen LogP contribution in [0.3, 0.4) is 0 Å². The molecule has 2 aromatic rings. The minimum atomic E-state index is 0.185. The summed E-state index contributed by atoms with van der Waals surface area (Å²) in [5.41, 5.74) is 3.51. The predicted octanol–water partition coefficient (Wildman–Crippen LogP) is 5.96. The molecule has 0 radical (unpaired) electrons. The first-order valence-corrected chi connectivity index (χ1v) is 8.50. The number of hydrogen-bond donors (Lipinski definition) is 1. The summed E-state index contributed by atoms with van der Waals surface area (Å²) >= 11 is 16.2. The van der Waals surface area contributed by atoms with E-state index in [2.05, 4.69) is 53.3 Å². The van der Waals surface area contributed by atoms with Gasteiger partial charge in [-0.15, -0.1) is 0 Å². The summed E-state index contributed by atoms with van der Waals surface area (Å²) in [7, 11) is 0. The summed E-state index contributed by atoms with van der Waals surface area (Å²) < 4.78 is 1.08. The second-order valence-electron chi connectivity index (χ2n) is 5.02. The Bertz CT molecular complexity index is 608. The van der Waals surface area contributed by atoms with E-state index in [1.165, 1.54) is 11.1 Å². The fraction of sp³-hybridized carbons (Fsp3) is 0.294. The van der Waals surface area contributed by atoms with Crippen molar-refractivity contribution < 1.29 is 0 Å². The second-order valence-corrected chi connectivity index (χ2v) is 6.75. The molecule has 0 aliphatic carbocycles. The van der Waals surface area contributed by atoms with Gasteiger partial charge in [-0.2, -0.15) is 0 Å². The van der Waals surface area contributed by atoms with Crippen LogP contribution in [-0.4, -0.2) is 6.54 Å². The summed E-state index contributed by atoms with van der Waals surface area (Å²) in [5.74, 6) is 0. The van der Waals surface area contributed by atoms with Crippen LogP contribution in [0.1, 0.15) is 29.7 Å². The number of hydrogen-bond acceptors (Lipinski definition) is 1. The van der Waals surface area contributed by atoms with Crippen molar-refractivity contribution in [1.82, 2.24) is 5.32 Å².